The molecule has 1 saturated heterocycles. The van der Waals surface area contributed by atoms with Crippen LogP contribution in [-0.4, -0.2) is 23.9 Å². The first-order chi connectivity index (χ1) is 5.27. The third-order valence-corrected chi connectivity index (χ3v) is 2.33. The third-order valence-electron chi connectivity index (χ3n) is 1.79. The second-order valence-electron chi connectivity index (χ2n) is 2.49. The van der Waals surface area contributed by atoms with E-state index in [1.54, 1.807) is 4.90 Å². The first-order valence-electron chi connectivity index (χ1n) is 3.33. The number of hydrogen-bond acceptors (Lipinski definition) is 3. The van der Waals surface area contributed by atoms with Crippen LogP contribution in [0.1, 0.15) is 6.42 Å². The molecule has 0 spiro atoms. The molecule has 0 saturated carbocycles. The highest BCUT2D eigenvalue weighted by atomic mass is 127. The third kappa shape index (κ3) is 1.96. The summed E-state index contributed by atoms with van der Waals surface area (Å²) in [5, 5.41) is 8.48. The van der Waals surface area contributed by atoms with Gasteiger partial charge in [-0.3, -0.25) is 8.32 Å². The number of carbonyl (C=O) groups is 1. The summed E-state index contributed by atoms with van der Waals surface area (Å²) in [5.74, 6) is 0.0369. The zero-order valence-corrected chi connectivity index (χ0v) is 8.04. The van der Waals surface area contributed by atoms with Crippen molar-refractivity contribution in [3.8, 4) is 6.19 Å². The molecule has 0 bridgehead atoms. The van der Waals surface area contributed by atoms with Crippen LogP contribution in [0.25, 0.3) is 0 Å². The highest BCUT2D eigenvalue weighted by molar-refractivity contribution is 14.1. The molecule has 0 radical (unpaired) electrons. The maximum Gasteiger partial charge on any atom is 0.233 e. The lowest BCUT2D eigenvalue weighted by atomic mass is 10.1. The monoisotopic (exact) mass is 265 g/mol. The molecular weight excluding hydrogens is 257 g/mol. The number of halogens is 1. The Bertz CT molecular complexity index is 200. The van der Waals surface area contributed by atoms with Gasteiger partial charge in [-0.1, -0.05) is 0 Å². The van der Waals surface area contributed by atoms with Gasteiger partial charge < -0.3 is 4.90 Å². The summed E-state index contributed by atoms with van der Waals surface area (Å²) in [6, 6.07) is 0. The average Bonchev–Trinajstić information content (AvgIpc) is 2.50. The highest BCUT2D eigenvalue weighted by Crippen LogP contribution is 2.15. The van der Waals surface area contributed by atoms with Gasteiger partial charge in [-0.2, -0.15) is 5.26 Å². The maximum absolute atomic E-state index is 11.0. The fourth-order valence-electron chi connectivity index (χ4n) is 1.14. The van der Waals surface area contributed by atoms with Crippen LogP contribution in [0, 0.1) is 17.4 Å². The number of hydrogen-bond donors (Lipinski definition) is 1. The summed E-state index contributed by atoms with van der Waals surface area (Å²) < 4.78 is 2.55. The molecule has 0 aromatic heterocycles. The number of amides is 1. The van der Waals surface area contributed by atoms with E-state index in [1.165, 1.54) is 0 Å². The predicted octanol–water partition coefficient (Wildman–Crippen LogP) is 0.256. The van der Waals surface area contributed by atoms with E-state index >= 15 is 0 Å². The van der Waals surface area contributed by atoms with E-state index in [0.29, 0.717) is 13.1 Å². The van der Waals surface area contributed by atoms with Crippen LogP contribution in [0.15, 0.2) is 0 Å². The first-order valence-corrected chi connectivity index (χ1v) is 4.41. The molecule has 11 heavy (non-hydrogen) atoms. The minimum atomic E-state index is 0.00606. The molecule has 0 aliphatic carbocycles. The van der Waals surface area contributed by atoms with Crippen LogP contribution in [0.3, 0.4) is 0 Å². The fourth-order valence-corrected chi connectivity index (χ4v) is 1.58. The molecule has 1 aliphatic heterocycles. The molecule has 1 atom stereocenters. The second kappa shape index (κ2) is 3.76. The van der Waals surface area contributed by atoms with E-state index in [0.717, 1.165) is 6.42 Å². The molecule has 0 aromatic rings. The minimum absolute atomic E-state index is 0.00606. The van der Waals surface area contributed by atoms with Gasteiger partial charge in [0, 0.05) is 13.1 Å². The van der Waals surface area contributed by atoms with Crippen molar-refractivity contribution in [3.05, 3.63) is 0 Å². The summed E-state index contributed by atoms with van der Waals surface area (Å²) in [7, 11) is 0. The van der Waals surface area contributed by atoms with Crippen LogP contribution in [0.2, 0.25) is 0 Å². The van der Waals surface area contributed by atoms with Gasteiger partial charge >= 0.3 is 0 Å². The van der Waals surface area contributed by atoms with Crippen molar-refractivity contribution < 1.29 is 4.79 Å². The Kier molecular flexibility index (Phi) is 2.93. The van der Waals surface area contributed by atoms with Crippen molar-refractivity contribution >= 4 is 28.8 Å². The Morgan fingerprint density at radius 2 is 2.55 bits per heavy atom. The van der Waals surface area contributed by atoms with Crippen LogP contribution >= 0.6 is 22.9 Å². The molecule has 1 N–H and O–H groups in total. The maximum atomic E-state index is 11.0. The summed E-state index contributed by atoms with van der Waals surface area (Å²) in [6.45, 7) is 1.29. The molecule has 60 valence electrons. The molecule has 1 rings (SSSR count). The largest absolute Gasteiger partial charge is 0.310 e. The van der Waals surface area contributed by atoms with Crippen molar-refractivity contribution in [3.63, 3.8) is 0 Å². The number of nitriles is 1. The molecule has 1 amide bonds. The van der Waals surface area contributed by atoms with Crippen LogP contribution in [0.4, 0.5) is 0 Å². The van der Waals surface area contributed by atoms with Gasteiger partial charge in [0.2, 0.25) is 5.91 Å². The standard InChI is InChI=1S/C6H8IN3O/c7-9-6(11)5-1-2-10(3-5)4-8/h5H,1-3H2,(H,9,11). The van der Waals surface area contributed by atoms with Gasteiger partial charge in [-0.05, 0) is 6.42 Å². The summed E-state index contributed by atoms with van der Waals surface area (Å²) >= 11 is 1.82. The second-order valence-corrected chi connectivity index (χ2v) is 3.03. The Labute approximate surface area is 79.0 Å². The topological polar surface area (TPSA) is 56.1 Å². The van der Waals surface area contributed by atoms with Crippen LogP contribution < -0.4 is 3.53 Å². The minimum Gasteiger partial charge on any atom is -0.310 e. The number of nitrogens with zero attached hydrogens (tertiary/aromatic N) is 2. The summed E-state index contributed by atoms with van der Waals surface area (Å²) in [5.41, 5.74) is 0. The van der Waals surface area contributed by atoms with E-state index < -0.39 is 0 Å². The molecular formula is C6H8IN3O. The number of carbonyl (C=O) groups excluding carboxylic acids is 1. The molecule has 1 unspecified atom stereocenters. The van der Waals surface area contributed by atoms with Gasteiger partial charge in [0.25, 0.3) is 0 Å². The zero-order valence-electron chi connectivity index (χ0n) is 5.88. The summed E-state index contributed by atoms with van der Waals surface area (Å²) in [6.07, 6.45) is 2.82. The lowest BCUT2D eigenvalue weighted by molar-refractivity contribution is -0.122. The molecule has 4 nitrogen and oxygen atoms in total. The predicted molar refractivity (Wildman–Crippen MR) is 47.5 cm³/mol. The quantitative estimate of drug-likeness (QED) is 0.420. The molecule has 0 aromatic carbocycles. The molecule has 1 aliphatic rings. The van der Waals surface area contributed by atoms with E-state index in [1.807, 2.05) is 29.1 Å². The van der Waals surface area contributed by atoms with Crippen molar-refractivity contribution in [2.24, 2.45) is 5.92 Å². The normalized spacial score (nSPS) is 22.9. The fraction of sp³-hybridized carbons (Fsp3) is 0.667. The Morgan fingerprint density at radius 3 is 3.00 bits per heavy atom. The van der Waals surface area contributed by atoms with Crippen LogP contribution in [0.5, 0.6) is 0 Å². The molecule has 5 heteroatoms. The lowest BCUT2D eigenvalue weighted by Crippen LogP contribution is -2.25. The number of rotatable bonds is 1. The van der Waals surface area contributed by atoms with Gasteiger partial charge in [0.1, 0.15) is 0 Å². The average molecular weight is 265 g/mol. The number of nitrogens with one attached hydrogen (secondary N) is 1. The Morgan fingerprint density at radius 1 is 1.82 bits per heavy atom. The van der Waals surface area contributed by atoms with Crippen LogP contribution in [-0.2, 0) is 4.79 Å². The van der Waals surface area contributed by atoms with Crippen molar-refractivity contribution in [1.29, 1.82) is 5.26 Å². The number of likely N-dealkylation sites (tertiary alicyclic amines) is 1. The van der Waals surface area contributed by atoms with Gasteiger partial charge in [0.05, 0.1) is 28.8 Å². The van der Waals surface area contributed by atoms with Crippen molar-refractivity contribution in [1.82, 2.24) is 8.43 Å². The Balaban J connectivity index is 2.43. The van der Waals surface area contributed by atoms with Crippen molar-refractivity contribution in [2.75, 3.05) is 13.1 Å². The highest BCUT2D eigenvalue weighted by Gasteiger charge is 2.26. The first kappa shape index (κ1) is 8.59. The van der Waals surface area contributed by atoms with E-state index in [4.69, 9.17) is 5.26 Å². The van der Waals surface area contributed by atoms with Crippen molar-refractivity contribution in [2.45, 2.75) is 6.42 Å². The zero-order chi connectivity index (χ0) is 8.27. The van der Waals surface area contributed by atoms with Gasteiger partial charge in [-0.15, -0.1) is 0 Å². The molecule has 1 heterocycles. The molecule has 1 fully saturated rings. The van der Waals surface area contributed by atoms with Gasteiger partial charge in [0.15, 0.2) is 6.19 Å². The summed E-state index contributed by atoms with van der Waals surface area (Å²) in [4.78, 5) is 12.6. The van der Waals surface area contributed by atoms with E-state index in [-0.39, 0.29) is 11.8 Å². The van der Waals surface area contributed by atoms with E-state index in [9.17, 15) is 4.79 Å². The SMILES string of the molecule is N#CN1CCC(C(=O)NI)C1. The van der Waals surface area contributed by atoms with Gasteiger partial charge in [-0.25, -0.2) is 0 Å². The smallest absolute Gasteiger partial charge is 0.233 e. The lowest BCUT2D eigenvalue weighted by Gasteiger charge is -2.06. The Hall–Kier alpha value is -0.510. The van der Waals surface area contributed by atoms with E-state index in [2.05, 4.69) is 3.53 Å².